The topological polar surface area (TPSA) is 80.0 Å². The number of carboxylic acids is 1. The standard InChI is InChI=1S/C12H22N4O2S/c1-5-6-14-12(3,10(17)18)7-9(2)19-11-13-8-15-16(11)4/h8-9,14H,5-7H2,1-4H3,(H,17,18). The van der Waals surface area contributed by atoms with Crippen molar-refractivity contribution in [2.24, 2.45) is 7.05 Å². The zero-order valence-electron chi connectivity index (χ0n) is 11.9. The molecule has 0 spiro atoms. The zero-order chi connectivity index (χ0) is 14.5. The highest BCUT2D eigenvalue weighted by molar-refractivity contribution is 7.99. The van der Waals surface area contributed by atoms with E-state index < -0.39 is 11.5 Å². The van der Waals surface area contributed by atoms with Gasteiger partial charge in [-0.3, -0.25) is 4.79 Å². The Labute approximate surface area is 118 Å². The molecule has 1 heterocycles. The third kappa shape index (κ3) is 4.50. The first-order valence-electron chi connectivity index (χ1n) is 6.38. The van der Waals surface area contributed by atoms with Crippen LogP contribution in [0.15, 0.2) is 11.5 Å². The largest absolute Gasteiger partial charge is 0.480 e. The molecule has 0 aliphatic heterocycles. The van der Waals surface area contributed by atoms with Gasteiger partial charge in [-0.05, 0) is 26.3 Å². The SMILES string of the molecule is CCCNC(C)(CC(C)Sc1ncnn1C)C(=O)O. The average molecular weight is 286 g/mol. The maximum absolute atomic E-state index is 11.4. The molecule has 0 bridgehead atoms. The van der Waals surface area contributed by atoms with Crippen LogP contribution >= 0.6 is 11.8 Å². The molecule has 1 rings (SSSR count). The Kier molecular flexibility index (Phi) is 5.81. The predicted molar refractivity (Wildman–Crippen MR) is 75.3 cm³/mol. The van der Waals surface area contributed by atoms with E-state index in [1.165, 1.54) is 6.33 Å². The van der Waals surface area contributed by atoms with Gasteiger partial charge in [0.2, 0.25) is 0 Å². The van der Waals surface area contributed by atoms with Crippen LogP contribution in [0.1, 0.15) is 33.6 Å². The molecule has 6 nitrogen and oxygen atoms in total. The van der Waals surface area contributed by atoms with Crippen molar-refractivity contribution in [3.63, 3.8) is 0 Å². The number of hydrogen-bond acceptors (Lipinski definition) is 5. The predicted octanol–water partition coefficient (Wildman–Crippen LogP) is 1.53. The summed E-state index contributed by atoms with van der Waals surface area (Å²) >= 11 is 1.54. The second-order valence-corrected chi connectivity index (χ2v) is 6.27. The summed E-state index contributed by atoms with van der Waals surface area (Å²) in [5, 5.41) is 17.4. The molecular formula is C12H22N4O2S. The third-order valence-electron chi connectivity index (χ3n) is 2.91. The molecular weight excluding hydrogens is 264 g/mol. The number of aliphatic carboxylic acids is 1. The molecule has 0 amide bonds. The summed E-state index contributed by atoms with van der Waals surface area (Å²) in [6.07, 6.45) is 2.94. The first-order valence-corrected chi connectivity index (χ1v) is 7.26. The Balaban J connectivity index is 2.63. The minimum absolute atomic E-state index is 0.133. The first-order chi connectivity index (χ1) is 8.89. The summed E-state index contributed by atoms with van der Waals surface area (Å²) in [5.41, 5.74) is -0.902. The van der Waals surface area contributed by atoms with Crippen molar-refractivity contribution in [3.8, 4) is 0 Å². The highest BCUT2D eigenvalue weighted by Crippen LogP contribution is 2.27. The second kappa shape index (κ2) is 6.91. The van der Waals surface area contributed by atoms with Crippen LogP contribution in [-0.4, -0.2) is 43.2 Å². The number of rotatable bonds is 8. The van der Waals surface area contributed by atoms with Crippen molar-refractivity contribution in [1.29, 1.82) is 0 Å². The van der Waals surface area contributed by atoms with Crippen LogP contribution in [0.4, 0.5) is 0 Å². The molecule has 2 N–H and O–H groups in total. The highest BCUT2D eigenvalue weighted by Gasteiger charge is 2.34. The fourth-order valence-corrected chi connectivity index (χ4v) is 2.91. The highest BCUT2D eigenvalue weighted by atomic mass is 32.2. The minimum Gasteiger partial charge on any atom is -0.480 e. The molecule has 0 aromatic carbocycles. The number of hydrogen-bond donors (Lipinski definition) is 2. The van der Waals surface area contributed by atoms with Gasteiger partial charge in [0.05, 0.1) is 0 Å². The number of thioether (sulfide) groups is 1. The van der Waals surface area contributed by atoms with E-state index in [1.54, 1.807) is 23.4 Å². The van der Waals surface area contributed by atoms with E-state index in [2.05, 4.69) is 15.4 Å². The average Bonchev–Trinajstić information content (AvgIpc) is 2.72. The summed E-state index contributed by atoms with van der Waals surface area (Å²) in [6.45, 7) is 6.46. The summed E-state index contributed by atoms with van der Waals surface area (Å²) in [6, 6.07) is 0. The van der Waals surface area contributed by atoms with E-state index in [0.29, 0.717) is 13.0 Å². The molecule has 0 aliphatic carbocycles. The van der Waals surface area contributed by atoms with Gasteiger partial charge in [0.25, 0.3) is 0 Å². The fourth-order valence-electron chi connectivity index (χ4n) is 1.82. The maximum atomic E-state index is 11.4. The lowest BCUT2D eigenvalue weighted by atomic mass is 9.96. The van der Waals surface area contributed by atoms with Crippen LogP contribution in [0, 0.1) is 0 Å². The van der Waals surface area contributed by atoms with E-state index >= 15 is 0 Å². The van der Waals surface area contributed by atoms with Gasteiger partial charge >= 0.3 is 5.97 Å². The molecule has 2 atom stereocenters. The third-order valence-corrected chi connectivity index (χ3v) is 4.06. The molecule has 2 unspecified atom stereocenters. The van der Waals surface area contributed by atoms with E-state index in [9.17, 15) is 9.90 Å². The number of nitrogens with one attached hydrogen (secondary N) is 1. The van der Waals surface area contributed by atoms with E-state index in [4.69, 9.17) is 0 Å². The van der Waals surface area contributed by atoms with Gasteiger partial charge in [-0.15, -0.1) is 0 Å². The Morgan fingerprint density at radius 1 is 1.68 bits per heavy atom. The Morgan fingerprint density at radius 2 is 2.37 bits per heavy atom. The van der Waals surface area contributed by atoms with Crippen molar-refractivity contribution in [2.45, 2.75) is 49.6 Å². The smallest absolute Gasteiger partial charge is 0.323 e. The van der Waals surface area contributed by atoms with E-state index in [0.717, 1.165) is 11.6 Å². The van der Waals surface area contributed by atoms with Gasteiger partial charge in [0.1, 0.15) is 11.9 Å². The van der Waals surface area contributed by atoms with Crippen LogP contribution in [-0.2, 0) is 11.8 Å². The lowest BCUT2D eigenvalue weighted by molar-refractivity contribution is -0.144. The second-order valence-electron chi connectivity index (χ2n) is 4.86. The van der Waals surface area contributed by atoms with Crippen LogP contribution < -0.4 is 5.32 Å². The number of nitrogens with zero attached hydrogens (tertiary/aromatic N) is 3. The van der Waals surface area contributed by atoms with Crippen molar-refractivity contribution >= 4 is 17.7 Å². The van der Waals surface area contributed by atoms with Gasteiger partial charge in [-0.1, -0.05) is 25.6 Å². The molecule has 0 fully saturated rings. The Hall–Kier alpha value is -1.08. The zero-order valence-corrected chi connectivity index (χ0v) is 12.7. The molecule has 108 valence electrons. The monoisotopic (exact) mass is 286 g/mol. The van der Waals surface area contributed by atoms with Crippen molar-refractivity contribution in [2.75, 3.05) is 6.54 Å². The van der Waals surface area contributed by atoms with Gasteiger partial charge in [-0.25, -0.2) is 9.67 Å². The van der Waals surface area contributed by atoms with Crippen LogP contribution in [0.2, 0.25) is 0 Å². The Bertz CT molecular complexity index is 424. The molecule has 0 saturated heterocycles. The molecule has 0 radical (unpaired) electrons. The number of aromatic nitrogens is 3. The quantitative estimate of drug-likeness (QED) is 0.705. The lowest BCUT2D eigenvalue weighted by Gasteiger charge is -2.28. The van der Waals surface area contributed by atoms with Crippen molar-refractivity contribution < 1.29 is 9.90 Å². The fraction of sp³-hybridized carbons (Fsp3) is 0.750. The summed E-state index contributed by atoms with van der Waals surface area (Å²) in [7, 11) is 1.83. The first kappa shape index (κ1) is 16.0. The van der Waals surface area contributed by atoms with E-state index in [-0.39, 0.29) is 5.25 Å². The molecule has 0 aliphatic rings. The van der Waals surface area contributed by atoms with Gasteiger partial charge in [0.15, 0.2) is 5.16 Å². The normalized spacial score (nSPS) is 16.0. The summed E-state index contributed by atoms with van der Waals surface area (Å²) in [4.78, 5) is 15.6. The van der Waals surface area contributed by atoms with E-state index in [1.807, 2.05) is 20.9 Å². The number of carbonyl (C=O) groups is 1. The number of aryl methyl sites for hydroxylation is 1. The molecule has 0 saturated carbocycles. The van der Waals surface area contributed by atoms with Crippen LogP contribution in [0.3, 0.4) is 0 Å². The van der Waals surface area contributed by atoms with Gasteiger partial charge in [0, 0.05) is 12.3 Å². The maximum Gasteiger partial charge on any atom is 0.323 e. The molecule has 19 heavy (non-hydrogen) atoms. The minimum atomic E-state index is -0.902. The summed E-state index contributed by atoms with van der Waals surface area (Å²) in [5.74, 6) is -0.814. The molecule has 7 heteroatoms. The number of carboxylic acid groups (broad SMARTS) is 1. The van der Waals surface area contributed by atoms with Crippen molar-refractivity contribution in [3.05, 3.63) is 6.33 Å². The van der Waals surface area contributed by atoms with Crippen LogP contribution in [0.25, 0.3) is 0 Å². The summed E-state index contributed by atoms with van der Waals surface area (Å²) < 4.78 is 1.69. The van der Waals surface area contributed by atoms with Gasteiger partial charge in [-0.2, -0.15) is 5.10 Å². The molecule has 1 aromatic heterocycles. The van der Waals surface area contributed by atoms with Gasteiger partial charge < -0.3 is 10.4 Å². The Morgan fingerprint density at radius 3 is 2.84 bits per heavy atom. The van der Waals surface area contributed by atoms with Crippen LogP contribution in [0.5, 0.6) is 0 Å². The van der Waals surface area contributed by atoms with Crippen molar-refractivity contribution in [1.82, 2.24) is 20.1 Å². The lowest BCUT2D eigenvalue weighted by Crippen LogP contribution is -2.51. The molecule has 1 aromatic rings.